The molecule has 0 unspecified atom stereocenters. The van der Waals surface area contributed by atoms with Crippen LogP contribution in [-0.4, -0.2) is 47.1 Å². The van der Waals surface area contributed by atoms with Crippen LogP contribution in [-0.2, 0) is 20.8 Å². The number of benzene rings is 3. The summed E-state index contributed by atoms with van der Waals surface area (Å²) in [6.45, 7) is 7.27. The van der Waals surface area contributed by atoms with E-state index in [9.17, 15) is 9.59 Å². The summed E-state index contributed by atoms with van der Waals surface area (Å²) in [5.41, 5.74) is 4.07. The molecule has 10 heteroatoms. The van der Waals surface area contributed by atoms with Gasteiger partial charge in [-0.15, -0.1) is 5.10 Å². The van der Waals surface area contributed by atoms with Crippen molar-refractivity contribution in [1.29, 1.82) is 0 Å². The molecular weight excluding hydrogens is 526 g/mol. The highest BCUT2D eigenvalue weighted by Crippen LogP contribution is 2.29. The Balaban J connectivity index is 1.54. The summed E-state index contributed by atoms with van der Waals surface area (Å²) in [5, 5.41) is 8.11. The SMILES string of the molecule is COc1ccc(Cn2nnc(C(=O)OCOC(=O)OC(C)C)c2Oc2ccc(-c3ccc(C(C)C)cc3)cc2)cc1. The molecule has 1 heterocycles. The Labute approximate surface area is 238 Å². The van der Waals surface area contributed by atoms with Gasteiger partial charge in [-0.25, -0.2) is 14.3 Å². The number of esters is 1. The zero-order valence-electron chi connectivity index (χ0n) is 23.7. The molecule has 10 nitrogen and oxygen atoms in total. The quantitative estimate of drug-likeness (QED) is 0.148. The van der Waals surface area contributed by atoms with E-state index in [-0.39, 0.29) is 24.2 Å². The van der Waals surface area contributed by atoms with E-state index in [0.717, 1.165) is 16.7 Å². The van der Waals surface area contributed by atoms with Crippen molar-refractivity contribution in [3.05, 3.63) is 89.6 Å². The molecule has 0 radical (unpaired) electrons. The van der Waals surface area contributed by atoms with Crippen molar-refractivity contribution >= 4 is 12.1 Å². The molecule has 0 N–H and O–H groups in total. The summed E-state index contributed by atoms with van der Waals surface area (Å²) in [7, 11) is 1.59. The third kappa shape index (κ3) is 7.84. The first-order valence-electron chi connectivity index (χ1n) is 13.2. The molecule has 0 aliphatic heterocycles. The molecule has 41 heavy (non-hydrogen) atoms. The molecule has 0 fully saturated rings. The smallest absolute Gasteiger partial charge is 0.497 e. The molecule has 0 aliphatic carbocycles. The van der Waals surface area contributed by atoms with Gasteiger partial charge in [-0.3, -0.25) is 0 Å². The van der Waals surface area contributed by atoms with Crippen molar-refractivity contribution < 1.29 is 33.3 Å². The lowest BCUT2D eigenvalue weighted by molar-refractivity contribution is -0.0348. The molecule has 0 bridgehead atoms. The van der Waals surface area contributed by atoms with E-state index in [0.29, 0.717) is 17.4 Å². The molecule has 3 aromatic carbocycles. The van der Waals surface area contributed by atoms with E-state index in [2.05, 4.69) is 48.4 Å². The Hall–Kier alpha value is -4.86. The van der Waals surface area contributed by atoms with Crippen molar-refractivity contribution in [1.82, 2.24) is 15.0 Å². The van der Waals surface area contributed by atoms with Gasteiger partial charge in [0.1, 0.15) is 11.5 Å². The van der Waals surface area contributed by atoms with Crippen LogP contribution in [0.4, 0.5) is 4.79 Å². The average molecular weight is 560 g/mol. The second-order valence-corrected chi connectivity index (χ2v) is 9.76. The zero-order chi connectivity index (χ0) is 29.4. The van der Waals surface area contributed by atoms with Crippen LogP contribution in [0.5, 0.6) is 17.4 Å². The minimum atomic E-state index is -0.952. The van der Waals surface area contributed by atoms with Gasteiger partial charge in [0.05, 0.1) is 19.8 Å². The number of carbonyl (C=O) groups excluding carboxylic acids is 2. The minimum absolute atomic E-state index is 0.0737. The molecule has 0 saturated carbocycles. The number of rotatable bonds is 11. The van der Waals surface area contributed by atoms with E-state index >= 15 is 0 Å². The monoisotopic (exact) mass is 559 g/mol. The van der Waals surface area contributed by atoms with E-state index in [1.54, 1.807) is 33.1 Å². The fourth-order valence-corrected chi connectivity index (χ4v) is 3.85. The molecule has 1 aromatic heterocycles. The Morgan fingerprint density at radius 1 is 0.805 bits per heavy atom. The van der Waals surface area contributed by atoms with Crippen molar-refractivity contribution in [2.45, 2.75) is 46.3 Å². The number of nitrogens with zero attached hydrogens (tertiary/aromatic N) is 3. The van der Waals surface area contributed by atoms with Crippen LogP contribution < -0.4 is 9.47 Å². The molecule has 0 aliphatic rings. The second-order valence-electron chi connectivity index (χ2n) is 9.76. The highest BCUT2D eigenvalue weighted by molar-refractivity contribution is 5.89. The van der Waals surface area contributed by atoms with Crippen LogP contribution in [0.15, 0.2) is 72.8 Å². The lowest BCUT2D eigenvalue weighted by Crippen LogP contribution is -2.17. The summed E-state index contributed by atoms with van der Waals surface area (Å²) in [4.78, 5) is 24.5. The van der Waals surface area contributed by atoms with Gasteiger partial charge in [0.15, 0.2) is 0 Å². The Bertz CT molecular complexity index is 1440. The first-order chi connectivity index (χ1) is 19.7. The van der Waals surface area contributed by atoms with Gasteiger partial charge in [-0.1, -0.05) is 67.6 Å². The summed E-state index contributed by atoms with van der Waals surface area (Å²) in [6, 6.07) is 23.3. The lowest BCUT2D eigenvalue weighted by Gasteiger charge is -2.12. The van der Waals surface area contributed by atoms with Gasteiger partial charge in [0.2, 0.25) is 12.5 Å². The summed E-state index contributed by atoms with van der Waals surface area (Å²) in [6.07, 6.45) is -1.33. The third-order valence-electron chi connectivity index (χ3n) is 6.05. The highest BCUT2D eigenvalue weighted by atomic mass is 16.8. The molecule has 0 saturated heterocycles. The van der Waals surface area contributed by atoms with E-state index < -0.39 is 18.9 Å². The van der Waals surface area contributed by atoms with Gasteiger partial charge in [0, 0.05) is 0 Å². The maximum absolute atomic E-state index is 12.9. The summed E-state index contributed by atoms with van der Waals surface area (Å²) >= 11 is 0. The maximum atomic E-state index is 12.9. The molecule has 4 aromatic rings. The lowest BCUT2D eigenvalue weighted by atomic mass is 9.99. The van der Waals surface area contributed by atoms with Crippen LogP contribution in [0.3, 0.4) is 0 Å². The van der Waals surface area contributed by atoms with Crippen LogP contribution >= 0.6 is 0 Å². The van der Waals surface area contributed by atoms with E-state index in [4.69, 9.17) is 23.7 Å². The first kappa shape index (κ1) is 29.1. The van der Waals surface area contributed by atoms with Crippen molar-refractivity contribution in [2.24, 2.45) is 0 Å². The normalized spacial score (nSPS) is 10.9. The first-order valence-corrected chi connectivity index (χ1v) is 13.2. The van der Waals surface area contributed by atoms with Crippen LogP contribution in [0.25, 0.3) is 11.1 Å². The fourth-order valence-electron chi connectivity index (χ4n) is 3.85. The van der Waals surface area contributed by atoms with Gasteiger partial charge in [0.25, 0.3) is 5.88 Å². The summed E-state index contributed by atoms with van der Waals surface area (Å²) in [5.74, 6) is 0.835. The highest BCUT2D eigenvalue weighted by Gasteiger charge is 2.24. The van der Waals surface area contributed by atoms with Gasteiger partial charge >= 0.3 is 12.1 Å². The largest absolute Gasteiger partial charge is 0.511 e. The molecule has 0 amide bonds. The molecule has 0 spiro atoms. The van der Waals surface area contributed by atoms with E-state index in [1.165, 1.54) is 10.2 Å². The average Bonchev–Trinajstić information content (AvgIpc) is 3.35. The minimum Gasteiger partial charge on any atom is -0.497 e. The van der Waals surface area contributed by atoms with Crippen molar-refractivity contribution in [2.75, 3.05) is 13.9 Å². The Kier molecular flexibility index (Phi) is 9.57. The molecule has 214 valence electrons. The van der Waals surface area contributed by atoms with Crippen molar-refractivity contribution in [3.63, 3.8) is 0 Å². The standard InChI is InChI=1S/C31H33N3O7/c1-20(2)23-8-10-24(11-9-23)25-12-16-27(17-13-25)41-29-28(30(35)38-19-39-31(36)40-21(3)4)32-33-34(29)18-22-6-14-26(37-5)15-7-22/h6-17,20-21H,18-19H2,1-5H3. The number of ether oxygens (including phenoxy) is 5. The second kappa shape index (κ2) is 13.5. The number of hydrogen-bond acceptors (Lipinski definition) is 9. The van der Waals surface area contributed by atoms with Gasteiger partial charge < -0.3 is 23.7 Å². The predicted molar refractivity (Wildman–Crippen MR) is 151 cm³/mol. The van der Waals surface area contributed by atoms with Crippen molar-refractivity contribution in [3.8, 4) is 28.5 Å². The predicted octanol–water partition coefficient (Wildman–Crippen LogP) is 6.59. The molecule has 0 atom stereocenters. The topological polar surface area (TPSA) is 111 Å². The third-order valence-corrected chi connectivity index (χ3v) is 6.05. The molecule has 4 rings (SSSR count). The maximum Gasteiger partial charge on any atom is 0.511 e. The zero-order valence-corrected chi connectivity index (χ0v) is 23.7. The van der Waals surface area contributed by atoms with Gasteiger partial charge in [-0.05, 0) is 66.3 Å². The summed E-state index contributed by atoms with van der Waals surface area (Å²) < 4.78 is 27.5. The Morgan fingerprint density at radius 3 is 2.00 bits per heavy atom. The Morgan fingerprint density at radius 2 is 1.41 bits per heavy atom. The number of methoxy groups -OCH3 is 1. The van der Waals surface area contributed by atoms with Crippen LogP contribution in [0.1, 0.15) is 55.2 Å². The van der Waals surface area contributed by atoms with Crippen LogP contribution in [0.2, 0.25) is 0 Å². The van der Waals surface area contributed by atoms with Crippen LogP contribution in [0, 0.1) is 0 Å². The fraction of sp³-hybridized carbons (Fsp3) is 0.290. The number of hydrogen-bond donors (Lipinski definition) is 0. The number of carbonyl (C=O) groups is 2. The van der Waals surface area contributed by atoms with Gasteiger partial charge in [-0.2, -0.15) is 0 Å². The number of aromatic nitrogens is 3. The molecular formula is C31H33N3O7. The van der Waals surface area contributed by atoms with E-state index in [1.807, 2.05) is 36.4 Å².